The van der Waals surface area contributed by atoms with Gasteiger partial charge in [-0.25, -0.2) is 0 Å². The van der Waals surface area contributed by atoms with Crippen LogP contribution in [0, 0.1) is 0 Å². The number of rotatable bonds is 12. The quantitative estimate of drug-likeness (QED) is 0.246. The molecular formula is C21H24N4O5SSe. The van der Waals surface area contributed by atoms with Gasteiger partial charge in [0, 0.05) is 0 Å². The van der Waals surface area contributed by atoms with Crippen molar-refractivity contribution in [3.05, 3.63) is 60.2 Å². The van der Waals surface area contributed by atoms with Gasteiger partial charge in [-0.2, -0.15) is 0 Å². The third kappa shape index (κ3) is 8.35. The van der Waals surface area contributed by atoms with E-state index in [1.54, 1.807) is 24.3 Å². The van der Waals surface area contributed by atoms with Crippen LogP contribution in [0.2, 0.25) is 0 Å². The number of para-hydroxylation sites is 1. The van der Waals surface area contributed by atoms with Crippen LogP contribution in [-0.2, 0) is 14.4 Å². The Labute approximate surface area is 194 Å². The molecule has 0 saturated carbocycles. The van der Waals surface area contributed by atoms with E-state index in [9.17, 15) is 19.2 Å². The fourth-order valence-corrected chi connectivity index (χ4v) is 6.71. The molecule has 0 aliphatic rings. The first-order valence-electron chi connectivity index (χ1n) is 9.60. The Bertz CT molecular complexity index is 960. The average molecular weight is 523 g/mol. The van der Waals surface area contributed by atoms with E-state index in [0.29, 0.717) is 11.3 Å². The maximum atomic E-state index is 12.7. The summed E-state index contributed by atoms with van der Waals surface area (Å²) in [5.74, 6) is -2.40. The van der Waals surface area contributed by atoms with Crippen LogP contribution in [0.3, 0.4) is 0 Å². The molecule has 32 heavy (non-hydrogen) atoms. The van der Waals surface area contributed by atoms with Crippen molar-refractivity contribution in [3.63, 3.8) is 0 Å². The second-order valence-electron chi connectivity index (χ2n) is 6.69. The Morgan fingerprint density at radius 2 is 1.69 bits per heavy atom. The van der Waals surface area contributed by atoms with Gasteiger partial charge in [-0.15, -0.1) is 0 Å². The number of aliphatic carboxylic acids is 1. The molecule has 1 unspecified atom stereocenters. The van der Waals surface area contributed by atoms with Gasteiger partial charge in [0.25, 0.3) is 0 Å². The molecule has 170 valence electrons. The topological polar surface area (TPSA) is 165 Å². The van der Waals surface area contributed by atoms with Gasteiger partial charge < -0.3 is 0 Å². The van der Waals surface area contributed by atoms with Gasteiger partial charge in [0.15, 0.2) is 0 Å². The van der Waals surface area contributed by atoms with E-state index in [0.717, 1.165) is 4.46 Å². The molecular weight excluding hydrogens is 499 g/mol. The maximum absolute atomic E-state index is 12.7. The van der Waals surface area contributed by atoms with Crippen LogP contribution >= 0.6 is 10.2 Å². The van der Waals surface area contributed by atoms with E-state index in [1.165, 1.54) is 10.2 Å². The number of carboxylic acid groups (broad SMARTS) is 1. The molecule has 0 aliphatic heterocycles. The number of carboxylic acids is 1. The zero-order valence-corrected chi connectivity index (χ0v) is 19.6. The Morgan fingerprint density at radius 3 is 2.34 bits per heavy atom. The summed E-state index contributed by atoms with van der Waals surface area (Å²) in [4.78, 5) is 47.1. The predicted molar refractivity (Wildman–Crippen MR) is 125 cm³/mol. The van der Waals surface area contributed by atoms with Gasteiger partial charge in [-0.3, -0.25) is 0 Å². The summed E-state index contributed by atoms with van der Waals surface area (Å²) >= 11 is -0.227. The van der Waals surface area contributed by atoms with Gasteiger partial charge in [0.05, 0.1) is 0 Å². The van der Waals surface area contributed by atoms with Crippen LogP contribution in [0.4, 0.5) is 5.69 Å². The van der Waals surface area contributed by atoms with Crippen LogP contribution in [-0.4, -0.2) is 60.5 Å². The van der Waals surface area contributed by atoms with Crippen molar-refractivity contribution in [3.8, 4) is 0 Å². The van der Waals surface area contributed by atoms with Crippen molar-refractivity contribution < 1.29 is 24.3 Å². The number of nitrogens with two attached hydrogens (primary N) is 2. The molecule has 2 aromatic rings. The Hall–Kier alpha value is -2.85. The van der Waals surface area contributed by atoms with Gasteiger partial charge in [0.1, 0.15) is 0 Å². The molecule has 0 aromatic heterocycles. The Balaban J connectivity index is 1.91. The molecule has 7 N–H and O–H groups in total. The van der Waals surface area contributed by atoms with Gasteiger partial charge in [0.2, 0.25) is 0 Å². The summed E-state index contributed by atoms with van der Waals surface area (Å²) in [5, 5.41) is 14.1. The summed E-state index contributed by atoms with van der Waals surface area (Å²) in [7, 11) is 1.40. The molecule has 3 amide bonds. The first-order chi connectivity index (χ1) is 15.3. The first kappa shape index (κ1) is 25.4. The normalized spacial score (nSPS) is 12.4. The zero-order chi connectivity index (χ0) is 23.5. The standard InChI is InChI=1S/C21H24N4O5SSe/c22-15(21(29)30)10-11-18(26)25-16(19(23)27)12-31-32-17-9-5-4-8-14(17)20(28)24-13-6-2-1-3-7-13/h1-9,15-16H,10-12,22H2,(H2,23,27)(H,24,28)(H,25,26)(H,29,30)/t15-,16?/m0/s1. The molecule has 0 bridgehead atoms. The molecule has 0 spiro atoms. The fraction of sp³-hybridized carbons (Fsp3) is 0.238. The van der Waals surface area contributed by atoms with Crippen molar-refractivity contribution in [2.24, 2.45) is 11.5 Å². The summed E-state index contributed by atoms with van der Waals surface area (Å²) in [6, 6.07) is 14.2. The zero-order valence-electron chi connectivity index (χ0n) is 17.0. The minimum atomic E-state index is -1.20. The summed E-state index contributed by atoms with van der Waals surface area (Å²) in [5.41, 5.74) is 12.0. The Morgan fingerprint density at radius 1 is 1.03 bits per heavy atom. The molecule has 0 heterocycles. The van der Waals surface area contributed by atoms with Crippen molar-refractivity contribution in [2.75, 3.05) is 11.1 Å². The van der Waals surface area contributed by atoms with Crippen LogP contribution in [0.1, 0.15) is 23.2 Å². The second kappa shape index (κ2) is 12.9. The number of benzene rings is 2. The number of anilines is 1. The average Bonchev–Trinajstić information content (AvgIpc) is 2.77. The van der Waals surface area contributed by atoms with E-state index < -0.39 is 29.9 Å². The molecule has 0 saturated heterocycles. The number of carbonyl (C=O) groups is 4. The van der Waals surface area contributed by atoms with Crippen molar-refractivity contribution in [1.29, 1.82) is 0 Å². The Kier molecular flexibility index (Phi) is 10.2. The summed E-state index contributed by atoms with van der Waals surface area (Å²) in [6.07, 6.45) is -0.177. The van der Waals surface area contributed by atoms with Gasteiger partial charge in [-0.1, -0.05) is 0 Å². The molecule has 2 rings (SSSR count). The van der Waals surface area contributed by atoms with E-state index in [4.69, 9.17) is 16.6 Å². The third-order valence-corrected chi connectivity index (χ3v) is 8.47. The molecule has 2 atom stereocenters. The molecule has 0 fully saturated rings. The van der Waals surface area contributed by atoms with Crippen molar-refractivity contribution >= 4 is 57.9 Å². The van der Waals surface area contributed by atoms with Crippen LogP contribution < -0.4 is 26.6 Å². The number of primary amides is 1. The molecule has 9 nitrogen and oxygen atoms in total. The van der Waals surface area contributed by atoms with Crippen LogP contribution in [0.25, 0.3) is 0 Å². The molecule has 0 aliphatic carbocycles. The van der Waals surface area contributed by atoms with Crippen molar-refractivity contribution in [1.82, 2.24) is 5.32 Å². The number of amides is 3. The monoisotopic (exact) mass is 524 g/mol. The number of nitrogens with one attached hydrogen (secondary N) is 2. The van der Waals surface area contributed by atoms with Crippen molar-refractivity contribution in [2.45, 2.75) is 24.9 Å². The van der Waals surface area contributed by atoms with E-state index in [2.05, 4.69) is 10.6 Å². The van der Waals surface area contributed by atoms with Gasteiger partial charge in [-0.05, 0) is 0 Å². The van der Waals surface area contributed by atoms with Crippen LogP contribution in [0.5, 0.6) is 0 Å². The molecule has 0 radical (unpaired) electrons. The van der Waals surface area contributed by atoms with Gasteiger partial charge >= 0.3 is 195 Å². The van der Waals surface area contributed by atoms with Crippen LogP contribution in [0.15, 0.2) is 54.6 Å². The van der Waals surface area contributed by atoms with E-state index >= 15 is 0 Å². The summed E-state index contributed by atoms with van der Waals surface area (Å²) in [6.45, 7) is 0. The molecule has 11 heteroatoms. The number of carbonyl (C=O) groups excluding carboxylic acids is 3. The van der Waals surface area contributed by atoms with E-state index in [-0.39, 0.29) is 38.3 Å². The van der Waals surface area contributed by atoms with E-state index in [1.807, 2.05) is 30.3 Å². The first-order valence-corrected chi connectivity index (χ1v) is 13.5. The number of hydrogen-bond donors (Lipinski definition) is 5. The fourth-order valence-electron chi connectivity index (χ4n) is 2.48. The number of hydrogen-bond acceptors (Lipinski definition) is 6. The summed E-state index contributed by atoms with van der Waals surface area (Å²) < 4.78 is 0.834. The molecule has 2 aromatic carbocycles. The SMILES string of the molecule is NC(=O)C(CS[Se]c1ccccc1C(=O)Nc1ccccc1)NC(=O)CC[C@H](N)C(=O)O. The minimum absolute atomic E-state index is 0.0480. The second-order valence-corrected chi connectivity index (χ2v) is 10.9. The third-order valence-electron chi connectivity index (χ3n) is 4.23. The predicted octanol–water partition coefficient (Wildman–Crippen LogP) is 0.0788.